The maximum absolute atomic E-state index is 10.8. The van der Waals surface area contributed by atoms with Gasteiger partial charge in [-0.2, -0.15) is 5.10 Å². The lowest BCUT2D eigenvalue weighted by molar-refractivity contribution is -0.140. The molecule has 0 saturated carbocycles. The van der Waals surface area contributed by atoms with Gasteiger partial charge in [0.15, 0.2) is 0 Å². The topological polar surface area (TPSA) is 80.9 Å². The van der Waals surface area contributed by atoms with E-state index in [9.17, 15) is 4.79 Å². The Hall–Kier alpha value is -2.24. The Bertz CT molecular complexity index is 495. The molecule has 0 radical (unpaired) electrons. The molecule has 2 aromatic rings. The van der Waals surface area contributed by atoms with Gasteiger partial charge >= 0.3 is 5.97 Å². The molecule has 0 aliphatic rings. The molecule has 0 amide bonds. The van der Waals surface area contributed by atoms with Crippen LogP contribution >= 0.6 is 0 Å². The Labute approximate surface area is 91.6 Å². The van der Waals surface area contributed by atoms with Gasteiger partial charge in [0.05, 0.1) is 18.1 Å². The SMILES string of the molecule is C[C@H](C(=O)O)n1cc(-c2cnccn2)cn1. The van der Waals surface area contributed by atoms with Crippen LogP contribution in [0.4, 0.5) is 0 Å². The fourth-order valence-electron chi connectivity index (χ4n) is 1.24. The molecule has 1 atom stereocenters. The van der Waals surface area contributed by atoms with Crippen molar-refractivity contribution in [2.75, 3.05) is 0 Å². The van der Waals surface area contributed by atoms with Gasteiger partial charge in [0.1, 0.15) is 6.04 Å². The summed E-state index contributed by atoms with van der Waals surface area (Å²) >= 11 is 0. The number of aliphatic carboxylic acids is 1. The van der Waals surface area contributed by atoms with Crippen LogP contribution in [0.15, 0.2) is 31.0 Å². The summed E-state index contributed by atoms with van der Waals surface area (Å²) in [6.07, 6.45) is 7.97. The maximum Gasteiger partial charge on any atom is 0.328 e. The Morgan fingerprint density at radius 2 is 2.25 bits per heavy atom. The molecule has 6 nitrogen and oxygen atoms in total. The molecule has 0 unspecified atom stereocenters. The molecule has 82 valence electrons. The third kappa shape index (κ3) is 1.90. The highest BCUT2D eigenvalue weighted by Crippen LogP contribution is 2.16. The molecular weight excluding hydrogens is 208 g/mol. The molecule has 0 fully saturated rings. The van der Waals surface area contributed by atoms with Crippen molar-refractivity contribution in [3.8, 4) is 11.3 Å². The normalized spacial score (nSPS) is 12.3. The van der Waals surface area contributed by atoms with Gasteiger partial charge in [-0.05, 0) is 6.92 Å². The number of carbonyl (C=O) groups is 1. The number of rotatable bonds is 3. The molecule has 6 heteroatoms. The van der Waals surface area contributed by atoms with Crippen molar-refractivity contribution < 1.29 is 9.90 Å². The first kappa shape index (κ1) is 10.3. The van der Waals surface area contributed by atoms with Crippen molar-refractivity contribution in [2.24, 2.45) is 0 Å². The van der Waals surface area contributed by atoms with E-state index >= 15 is 0 Å². The van der Waals surface area contributed by atoms with Crippen LogP contribution in [-0.2, 0) is 4.79 Å². The van der Waals surface area contributed by atoms with Crippen LogP contribution in [-0.4, -0.2) is 30.8 Å². The Morgan fingerprint density at radius 1 is 1.44 bits per heavy atom. The van der Waals surface area contributed by atoms with Crippen LogP contribution in [0.3, 0.4) is 0 Å². The van der Waals surface area contributed by atoms with Crippen LogP contribution in [0.1, 0.15) is 13.0 Å². The highest BCUT2D eigenvalue weighted by Gasteiger charge is 2.14. The summed E-state index contributed by atoms with van der Waals surface area (Å²) in [4.78, 5) is 18.8. The second-order valence-electron chi connectivity index (χ2n) is 3.31. The Morgan fingerprint density at radius 3 is 2.88 bits per heavy atom. The average Bonchev–Trinajstić information content (AvgIpc) is 2.78. The standard InChI is InChI=1S/C10H10N4O2/c1-7(10(15)16)14-6-8(4-13-14)9-5-11-2-3-12-9/h2-7H,1H3,(H,15,16)/t7-/m1/s1. The van der Waals surface area contributed by atoms with Gasteiger partial charge in [0.2, 0.25) is 0 Å². The van der Waals surface area contributed by atoms with E-state index in [4.69, 9.17) is 5.11 Å². The number of carboxylic acids is 1. The van der Waals surface area contributed by atoms with Crippen LogP contribution < -0.4 is 0 Å². The molecule has 2 rings (SSSR count). The minimum Gasteiger partial charge on any atom is -0.480 e. The smallest absolute Gasteiger partial charge is 0.328 e. The molecule has 2 aromatic heterocycles. The first-order valence-electron chi connectivity index (χ1n) is 4.72. The third-order valence-corrected chi connectivity index (χ3v) is 2.21. The minimum atomic E-state index is -0.922. The highest BCUT2D eigenvalue weighted by molar-refractivity contribution is 5.71. The average molecular weight is 218 g/mol. The molecule has 0 aliphatic heterocycles. The third-order valence-electron chi connectivity index (χ3n) is 2.21. The molecule has 0 aromatic carbocycles. The van der Waals surface area contributed by atoms with E-state index in [1.165, 1.54) is 4.68 Å². The monoisotopic (exact) mass is 218 g/mol. The van der Waals surface area contributed by atoms with Crippen LogP contribution in [0.5, 0.6) is 0 Å². The van der Waals surface area contributed by atoms with E-state index < -0.39 is 12.0 Å². The zero-order valence-electron chi connectivity index (χ0n) is 8.61. The summed E-state index contributed by atoms with van der Waals surface area (Å²) in [7, 11) is 0. The Balaban J connectivity index is 2.30. The largest absolute Gasteiger partial charge is 0.480 e. The van der Waals surface area contributed by atoms with Gasteiger partial charge in [0, 0.05) is 24.2 Å². The van der Waals surface area contributed by atoms with E-state index in [-0.39, 0.29) is 0 Å². The van der Waals surface area contributed by atoms with E-state index in [0.717, 1.165) is 5.56 Å². The van der Waals surface area contributed by atoms with Gasteiger partial charge in [-0.25, -0.2) is 4.79 Å². The van der Waals surface area contributed by atoms with E-state index in [1.807, 2.05) is 0 Å². The fraction of sp³-hybridized carbons (Fsp3) is 0.200. The van der Waals surface area contributed by atoms with Crippen LogP contribution in [0.25, 0.3) is 11.3 Å². The van der Waals surface area contributed by atoms with E-state index in [2.05, 4.69) is 15.1 Å². The molecule has 0 saturated heterocycles. The summed E-state index contributed by atoms with van der Waals surface area (Å²) in [6, 6.07) is -0.689. The number of hydrogen-bond donors (Lipinski definition) is 1. The molecule has 0 spiro atoms. The Kier molecular flexibility index (Phi) is 2.63. The first-order chi connectivity index (χ1) is 7.68. The summed E-state index contributed by atoms with van der Waals surface area (Å²) in [6.45, 7) is 1.57. The van der Waals surface area contributed by atoms with Gasteiger partial charge in [-0.3, -0.25) is 14.6 Å². The summed E-state index contributed by atoms with van der Waals surface area (Å²) < 4.78 is 1.38. The fourth-order valence-corrected chi connectivity index (χ4v) is 1.24. The quantitative estimate of drug-likeness (QED) is 0.830. The van der Waals surface area contributed by atoms with Gasteiger partial charge in [-0.1, -0.05) is 0 Å². The van der Waals surface area contributed by atoms with Crippen molar-refractivity contribution in [3.63, 3.8) is 0 Å². The molecular formula is C10H10N4O2. The van der Waals surface area contributed by atoms with Crippen LogP contribution in [0, 0.1) is 0 Å². The lowest BCUT2D eigenvalue weighted by Crippen LogP contribution is -2.15. The zero-order valence-corrected chi connectivity index (χ0v) is 8.61. The molecule has 16 heavy (non-hydrogen) atoms. The predicted octanol–water partition coefficient (Wildman–Crippen LogP) is 0.986. The van der Waals surface area contributed by atoms with Crippen LogP contribution in [0.2, 0.25) is 0 Å². The summed E-state index contributed by atoms with van der Waals surface area (Å²) in [5.74, 6) is -0.922. The molecule has 1 N–H and O–H groups in total. The first-order valence-corrected chi connectivity index (χ1v) is 4.72. The van der Waals surface area contributed by atoms with Gasteiger partial charge in [-0.15, -0.1) is 0 Å². The summed E-state index contributed by atoms with van der Waals surface area (Å²) in [5, 5.41) is 12.8. The molecule has 2 heterocycles. The summed E-state index contributed by atoms with van der Waals surface area (Å²) in [5.41, 5.74) is 1.42. The van der Waals surface area contributed by atoms with Crippen molar-refractivity contribution in [2.45, 2.75) is 13.0 Å². The van der Waals surface area contributed by atoms with Crippen molar-refractivity contribution in [1.82, 2.24) is 19.7 Å². The van der Waals surface area contributed by atoms with Gasteiger partial charge < -0.3 is 5.11 Å². The number of aromatic nitrogens is 4. The number of carboxylic acid groups (broad SMARTS) is 1. The van der Waals surface area contributed by atoms with Crippen molar-refractivity contribution in [1.29, 1.82) is 0 Å². The lowest BCUT2D eigenvalue weighted by atomic mass is 10.3. The van der Waals surface area contributed by atoms with Gasteiger partial charge in [0.25, 0.3) is 0 Å². The second kappa shape index (κ2) is 4.09. The number of nitrogens with zero attached hydrogens (tertiary/aromatic N) is 4. The minimum absolute atomic E-state index is 0.673. The van der Waals surface area contributed by atoms with E-state index in [0.29, 0.717) is 5.69 Å². The van der Waals surface area contributed by atoms with E-state index in [1.54, 1.807) is 37.9 Å². The van der Waals surface area contributed by atoms with Crippen molar-refractivity contribution in [3.05, 3.63) is 31.0 Å². The maximum atomic E-state index is 10.8. The molecule has 0 bridgehead atoms. The number of hydrogen-bond acceptors (Lipinski definition) is 4. The second-order valence-corrected chi connectivity index (χ2v) is 3.31. The predicted molar refractivity (Wildman–Crippen MR) is 55.6 cm³/mol. The highest BCUT2D eigenvalue weighted by atomic mass is 16.4. The van der Waals surface area contributed by atoms with Crippen molar-refractivity contribution >= 4 is 5.97 Å². The zero-order chi connectivity index (χ0) is 11.5. The lowest BCUT2D eigenvalue weighted by Gasteiger charge is -2.04. The molecule has 0 aliphatic carbocycles.